The number of piperazine rings is 1. The molecule has 3 aromatic carbocycles. The number of nitrogens with one attached hydrogen (secondary N) is 1. The van der Waals surface area contributed by atoms with Gasteiger partial charge in [-0.05, 0) is 60.7 Å². The number of aryl methyl sites for hydroxylation is 1. The van der Waals surface area contributed by atoms with Crippen LogP contribution in [0, 0.1) is 11.7 Å². The predicted molar refractivity (Wildman–Crippen MR) is 314 cm³/mol. The zero-order valence-electron chi connectivity index (χ0n) is 47.5. The highest BCUT2D eigenvalue weighted by molar-refractivity contribution is 6.05. The lowest BCUT2D eigenvalue weighted by molar-refractivity contribution is -0.141. The van der Waals surface area contributed by atoms with E-state index in [-0.39, 0.29) is 73.1 Å². The van der Waals surface area contributed by atoms with E-state index >= 15 is 4.39 Å². The molecule has 3 aliphatic heterocycles. The number of piperidine rings is 1. The van der Waals surface area contributed by atoms with E-state index < -0.39 is 11.8 Å². The maximum absolute atomic E-state index is 16.8. The van der Waals surface area contributed by atoms with Crippen molar-refractivity contribution >= 4 is 68.0 Å². The minimum absolute atomic E-state index is 0.0629. The number of aromatic nitrogens is 6. The van der Waals surface area contributed by atoms with E-state index in [2.05, 4.69) is 41.0 Å². The van der Waals surface area contributed by atoms with Crippen LogP contribution in [-0.4, -0.2) is 188 Å². The predicted octanol–water partition coefficient (Wildman–Crippen LogP) is 5.97. The molecule has 21 nitrogen and oxygen atoms in total. The van der Waals surface area contributed by atoms with Gasteiger partial charge in [0, 0.05) is 150 Å². The number of methoxy groups -OCH3 is 2. The Bertz CT molecular complexity index is 3530. The topological polar surface area (TPSA) is 206 Å². The largest absolute Gasteiger partial charge is 0.496 e. The van der Waals surface area contributed by atoms with Crippen LogP contribution in [0.5, 0.6) is 5.75 Å². The molecular formula is C61H71FN12O9. The number of benzene rings is 3. The van der Waals surface area contributed by atoms with Crippen LogP contribution in [0.3, 0.4) is 0 Å². The summed E-state index contributed by atoms with van der Waals surface area (Å²) < 4.78 is 42.7. The quantitative estimate of drug-likeness (QED) is 0.0613. The van der Waals surface area contributed by atoms with Gasteiger partial charge in [0.1, 0.15) is 18.0 Å². The van der Waals surface area contributed by atoms with Gasteiger partial charge in [-0.2, -0.15) is 0 Å². The normalized spacial score (nSPS) is 15.8. The smallest absolute Gasteiger partial charge is 0.325 e. The lowest BCUT2D eigenvalue weighted by atomic mass is 9.92. The number of H-pyrrole nitrogens is 1. The van der Waals surface area contributed by atoms with Crippen LogP contribution in [-0.2, 0) is 41.7 Å². The Labute approximate surface area is 480 Å². The molecule has 7 heterocycles. The first-order valence-electron chi connectivity index (χ1n) is 28.2. The van der Waals surface area contributed by atoms with Gasteiger partial charge < -0.3 is 53.0 Å². The van der Waals surface area contributed by atoms with Crippen molar-refractivity contribution in [1.82, 2.24) is 44.2 Å². The van der Waals surface area contributed by atoms with Crippen LogP contribution >= 0.6 is 0 Å². The van der Waals surface area contributed by atoms with Gasteiger partial charge in [0.05, 0.1) is 82.4 Å². The molecule has 0 aliphatic carbocycles. The number of nitrogens with zero attached hydrogens (tertiary/aromatic N) is 11. The minimum Gasteiger partial charge on any atom is -0.496 e. The Morgan fingerprint density at radius 3 is 2.43 bits per heavy atom. The highest BCUT2D eigenvalue weighted by Crippen LogP contribution is 2.42. The summed E-state index contributed by atoms with van der Waals surface area (Å²) in [6.07, 6.45) is 12.8. The zero-order valence-corrected chi connectivity index (χ0v) is 47.5. The van der Waals surface area contributed by atoms with E-state index in [1.54, 1.807) is 60.2 Å². The Morgan fingerprint density at radius 2 is 1.65 bits per heavy atom. The summed E-state index contributed by atoms with van der Waals surface area (Å²) in [5.41, 5.74) is 4.96. The summed E-state index contributed by atoms with van der Waals surface area (Å²) in [6, 6.07) is 20.6. The van der Waals surface area contributed by atoms with Gasteiger partial charge in [0.25, 0.3) is 11.5 Å². The fourth-order valence-electron chi connectivity index (χ4n) is 11.3. The number of pyridine rings is 2. The molecule has 10 rings (SSSR count). The molecule has 0 bridgehead atoms. The van der Waals surface area contributed by atoms with Crippen molar-refractivity contribution in [2.75, 3.05) is 135 Å². The summed E-state index contributed by atoms with van der Waals surface area (Å²) in [5, 5.41) is 10.4. The lowest BCUT2D eigenvalue weighted by Crippen LogP contribution is -2.47. The number of amides is 3. The molecule has 2 fully saturated rings. The third-order valence-electron chi connectivity index (χ3n) is 15.8. The molecule has 7 aromatic rings. The number of rotatable bonds is 22. The second-order valence-electron chi connectivity index (χ2n) is 21.2. The Morgan fingerprint density at radius 1 is 0.831 bits per heavy atom. The van der Waals surface area contributed by atoms with E-state index in [1.165, 1.54) is 28.8 Å². The van der Waals surface area contributed by atoms with E-state index in [4.69, 9.17) is 18.9 Å². The molecule has 3 aliphatic rings. The van der Waals surface area contributed by atoms with E-state index in [9.17, 15) is 24.0 Å². The molecule has 22 heteroatoms. The molecule has 4 aromatic heterocycles. The third kappa shape index (κ3) is 13.4. The summed E-state index contributed by atoms with van der Waals surface area (Å²) in [7, 11) is 6.18. The van der Waals surface area contributed by atoms with Gasteiger partial charge >= 0.3 is 5.97 Å². The minimum atomic E-state index is -0.576. The van der Waals surface area contributed by atoms with Gasteiger partial charge in [-0.1, -0.05) is 35.6 Å². The molecule has 3 amide bonds. The summed E-state index contributed by atoms with van der Waals surface area (Å²) >= 11 is 0. The number of hydrogen-bond acceptors (Lipinski definition) is 15. The number of carbonyl (C=O) groups is 4. The average molecular weight is 1140 g/mol. The fraction of sp³-hybridized carbons (Fsp3) is 0.410. The van der Waals surface area contributed by atoms with Crippen molar-refractivity contribution in [3.05, 3.63) is 131 Å². The second-order valence-corrected chi connectivity index (χ2v) is 21.2. The third-order valence-corrected chi connectivity index (χ3v) is 15.8. The number of esters is 1. The Hall–Kier alpha value is -8.47. The molecule has 0 radical (unpaired) electrons. The molecule has 436 valence electrons. The van der Waals surface area contributed by atoms with Crippen LogP contribution in [0.1, 0.15) is 41.7 Å². The molecule has 2 saturated heterocycles. The molecule has 0 spiro atoms. The number of carbonyl (C=O) groups excluding carboxylic acids is 4. The molecule has 1 N–H and O–H groups in total. The molecule has 83 heavy (non-hydrogen) atoms. The maximum Gasteiger partial charge on any atom is 0.325 e. The Kier molecular flexibility index (Phi) is 18.5. The number of aromatic amines is 1. The average Bonchev–Trinajstić information content (AvgIpc) is 4.36. The van der Waals surface area contributed by atoms with Crippen LogP contribution in [0.15, 0.2) is 109 Å². The maximum atomic E-state index is 16.8. The first-order chi connectivity index (χ1) is 40.4. The van der Waals surface area contributed by atoms with Gasteiger partial charge in [0.15, 0.2) is 5.82 Å². The molecule has 1 unspecified atom stereocenters. The van der Waals surface area contributed by atoms with E-state index in [0.29, 0.717) is 85.8 Å². The molecule has 1 atom stereocenters. The first-order valence-corrected chi connectivity index (χ1v) is 28.2. The van der Waals surface area contributed by atoms with Crippen molar-refractivity contribution in [2.45, 2.75) is 38.8 Å². The van der Waals surface area contributed by atoms with Gasteiger partial charge in [0.2, 0.25) is 11.8 Å². The molecule has 0 saturated carbocycles. The number of halogens is 1. The van der Waals surface area contributed by atoms with E-state index in [1.807, 2.05) is 60.9 Å². The van der Waals surface area contributed by atoms with Crippen molar-refractivity contribution in [1.29, 1.82) is 0 Å². The number of anilines is 3. The van der Waals surface area contributed by atoms with Crippen molar-refractivity contribution in [2.24, 2.45) is 5.92 Å². The monoisotopic (exact) mass is 1130 g/mol. The lowest BCUT2D eigenvalue weighted by Gasteiger charge is -2.36. The number of hydrogen-bond donors (Lipinski definition) is 1. The van der Waals surface area contributed by atoms with Crippen LogP contribution in [0.4, 0.5) is 21.5 Å². The highest BCUT2D eigenvalue weighted by Gasteiger charge is 2.32. The van der Waals surface area contributed by atoms with Crippen molar-refractivity contribution < 1.29 is 42.5 Å². The van der Waals surface area contributed by atoms with Crippen molar-refractivity contribution in [3.63, 3.8) is 0 Å². The Balaban J connectivity index is 0.734. The SMILES string of the molecule is COC(=O)Cn1cc(N(CCOCCOCCN2CCN(c3ccc(-c4cc(C5=CCCN(C(=O)CCn6ccnn6)C5)c(F)c5[nH]c(C(=O)N(C)C)cc45)c(OC)c3)CC2)C(=O)C2CCCN(c3cncc4ccccc34)C2)ccc1=O. The zero-order chi connectivity index (χ0) is 58.0. The summed E-state index contributed by atoms with van der Waals surface area (Å²) in [6.45, 7) is 7.64. The summed E-state index contributed by atoms with van der Waals surface area (Å²) in [5.74, 6) is -1.27. The van der Waals surface area contributed by atoms with E-state index in [0.717, 1.165) is 73.4 Å². The first kappa shape index (κ1) is 57.8. The van der Waals surface area contributed by atoms with Gasteiger partial charge in [-0.3, -0.25) is 38.5 Å². The van der Waals surface area contributed by atoms with Gasteiger partial charge in [-0.15, -0.1) is 5.10 Å². The van der Waals surface area contributed by atoms with Crippen molar-refractivity contribution in [3.8, 4) is 16.9 Å². The van der Waals surface area contributed by atoms with Crippen LogP contribution in [0.2, 0.25) is 0 Å². The fourth-order valence-corrected chi connectivity index (χ4v) is 11.3. The van der Waals surface area contributed by atoms with Gasteiger partial charge in [-0.25, -0.2) is 4.39 Å². The summed E-state index contributed by atoms with van der Waals surface area (Å²) in [4.78, 5) is 85.5. The number of ether oxygens (including phenoxy) is 4. The second kappa shape index (κ2) is 26.6. The number of fused-ring (bicyclic) bond motifs is 2. The highest BCUT2D eigenvalue weighted by atomic mass is 19.1. The standard InChI is InChI=1S/C61H71FN12O9/c1-67(2)61(79)52-35-51-50(34-49(58(62)59(51)65-52)43-10-7-20-71(38-43)56(76)17-21-73-22-18-64-66-73)48-15-13-45(33-54(48)80-3)69-25-23-68(24-26-69)27-29-82-31-32-83-30-28-74(46-14-16-55(75)72(40-46)41-57(77)81-4)60(78)44-11-8-19-70(39-44)53-37-63-36-42-9-5-6-12-47(42)53/h5-6,9-10,12-16,18,22,33-37,40,44,65H,7-8,11,17,19-21,23-32,38-39,41H2,1-4H3. The molecular weight excluding hydrogens is 1060 g/mol. The van der Waals surface area contributed by atoms with Crippen LogP contribution < -0.4 is 25.0 Å². The van der Waals surface area contributed by atoms with Crippen LogP contribution in [0.25, 0.3) is 38.4 Å².